The first-order valence-electron chi connectivity index (χ1n) is 5.42. The molecule has 0 unspecified atom stereocenters. The van der Waals surface area contributed by atoms with Crippen molar-refractivity contribution in [3.63, 3.8) is 0 Å². The van der Waals surface area contributed by atoms with Gasteiger partial charge in [0, 0.05) is 15.7 Å². The maximum atomic E-state index is 2.38. The van der Waals surface area contributed by atoms with Crippen LogP contribution in [-0.2, 0) is 10.8 Å². The van der Waals surface area contributed by atoms with Crippen LogP contribution in [-0.4, -0.2) is 0 Å². The monoisotopic (exact) mass is 208 g/mol. The molecule has 1 aromatic heterocycles. The molecule has 1 heterocycles. The van der Waals surface area contributed by atoms with Gasteiger partial charge in [0.2, 0.25) is 0 Å². The molecule has 0 radical (unpaired) electrons. The fourth-order valence-electron chi connectivity index (χ4n) is 2.43. The molecule has 78 valence electrons. The Morgan fingerprint density at radius 3 is 2.14 bits per heavy atom. The highest BCUT2D eigenvalue weighted by molar-refractivity contribution is 7.10. The van der Waals surface area contributed by atoms with E-state index in [0.29, 0.717) is 16.7 Å². The Kier molecular flexibility index (Phi) is 1.92. The quantitative estimate of drug-likeness (QED) is 0.640. The molecule has 1 aliphatic carbocycles. The number of fused-ring (bicyclic) bond motifs is 1. The van der Waals surface area contributed by atoms with Crippen LogP contribution >= 0.6 is 11.3 Å². The van der Waals surface area contributed by atoms with E-state index in [1.807, 2.05) is 11.3 Å². The van der Waals surface area contributed by atoms with E-state index in [4.69, 9.17) is 0 Å². The molecule has 0 N–H and O–H groups in total. The smallest absolute Gasteiger partial charge is 0.0151 e. The molecule has 1 heteroatoms. The lowest BCUT2D eigenvalue weighted by atomic mass is 9.52. The summed E-state index contributed by atoms with van der Waals surface area (Å²) in [6.45, 7) is 14.1. The lowest BCUT2D eigenvalue weighted by Crippen LogP contribution is -2.50. The highest BCUT2D eigenvalue weighted by Gasteiger charge is 2.53. The number of hydrogen-bond acceptors (Lipinski definition) is 1. The fourth-order valence-corrected chi connectivity index (χ4v) is 4.11. The maximum Gasteiger partial charge on any atom is 0.0151 e. The highest BCUT2D eigenvalue weighted by atomic mass is 32.1. The zero-order chi connectivity index (χ0) is 10.7. The Hall–Kier alpha value is -0.300. The van der Waals surface area contributed by atoms with E-state index in [1.54, 1.807) is 16.0 Å². The fraction of sp³-hybridized carbons (Fsp3) is 0.692. The summed E-state index contributed by atoms with van der Waals surface area (Å²) >= 11 is 1.96. The van der Waals surface area contributed by atoms with E-state index in [0.717, 1.165) is 0 Å². The van der Waals surface area contributed by atoms with Gasteiger partial charge in [0.1, 0.15) is 0 Å². The molecule has 0 saturated heterocycles. The van der Waals surface area contributed by atoms with Gasteiger partial charge in [-0.1, -0.05) is 41.5 Å². The molecule has 0 aromatic carbocycles. The summed E-state index contributed by atoms with van der Waals surface area (Å²) in [4.78, 5) is 1.62. The third kappa shape index (κ3) is 0.942. The lowest BCUT2D eigenvalue weighted by molar-refractivity contribution is 0.248. The van der Waals surface area contributed by atoms with Crippen LogP contribution in [0, 0.1) is 0 Å². The topological polar surface area (TPSA) is 0 Å². The number of hydrogen-bond donors (Lipinski definition) is 0. The summed E-state index contributed by atoms with van der Waals surface area (Å²) in [5.74, 6) is 0.672. The Labute approximate surface area is 91.4 Å². The normalized spacial score (nSPS) is 21.9. The molecular formula is C13H20S. The van der Waals surface area contributed by atoms with Crippen molar-refractivity contribution in [1.29, 1.82) is 0 Å². The maximum absolute atomic E-state index is 2.38. The summed E-state index contributed by atoms with van der Waals surface area (Å²) in [6, 6.07) is 0. The van der Waals surface area contributed by atoms with Crippen LogP contribution in [0.1, 0.15) is 63.5 Å². The second-order valence-electron chi connectivity index (χ2n) is 5.80. The molecule has 2 rings (SSSR count). The second kappa shape index (κ2) is 2.63. The molecule has 0 saturated carbocycles. The predicted octanol–water partition coefficient (Wildman–Crippen LogP) is 4.44. The largest absolute Gasteiger partial charge is 0.148 e. The molecule has 1 aliphatic rings. The Morgan fingerprint density at radius 2 is 1.64 bits per heavy atom. The molecule has 0 fully saturated rings. The SMILES string of the molecule is CC(C)c1csc2c1C(C)(C)C2(C)C. The van der Waals surface area contributed by atoms with Crippen molar-refractivity contribution in [1.82, 2.24) is 0 Å². The first-order valence-corrected chi connectivity index (χ1v) is 6.30. The molecule has 14 heavy (non-hydrogen) atoms. The van der Waals surface area contributed by atoms with Gasteiger partial charge in [0.25, 0.3) is 0 Å². The van der Waals surface area contributed by atoms with Crippen molar-refractivity contribution in [2.24, 2.45) is 0 Å². The van der Waals surface area contributed by atoms with Gasteiger partial charge < -0.3 is 0 Å². The van der Waals surface area contributed by atoms with Gasteiger partial charge in [-0.2, -0.15) is 0 Å². The average molecular weight is 208 g/mol. The first-order chi connectivity index (χ1) is 6.30. The zero-order valence-corrected chi connectivity index (χ0v) is 10.9. The van der Waals surface area contributed by atoms with E-state index < -0.39 is 0 Å². The highest BCUT2D eigenvalue weighted by Crippen LogP contribution is 2.60. The minimum Gasteiger partial charge on any atom is -0.148 e. The number of thiophene rings is 1. The summed E-state index contributed by atoms with van der Waals surface area (Å²) < 4.78 is 0. The van der Waals surface area contributed by atoms with Crippen LogP contribution in [0.25, 0.3) is 0 Å². The molecule has 1 aromatic rings. The standard InChI is InChI=1S/C13H20S/c1-8(2)9-7-14-11-10(9)12(3,4)13(11,5)6/h7-8H,1-6H3. The third-order valence-corrected chi connectivity index (χ3v) is 5.52. The van der Waals surface area contributed by atoms with E-state index in [1.165, 1.54) is 0 Å². The van der Waals surface area contributed by atoms with Gasteiger partial charge in [-0.05, 0) is 22.4 Å². The van der Waals surface area contributed by atoms with Gasteiger partial charge in [0.15, 0.2) is 0 Å². The van der Waals surface area contributed by atoms with Gasteiger partial charge in [-0.3, -0.25) is 0 Å². The van der Waals surface area contributed by atoms with E-state index in [2.05, 4.69) is 46.9 Å². The van der Waals surface area contributed by atoms with Crippen LogP contribution in [0.4, 0.5) is 0 Å². The minimum absolute atomic E-state index is 0.363. The van der Waals surface area contributed by atoms with Crippen LogP contribution in [0.3, 0.4) is 0 Å². The number of rotatable bonds is 1. The average Bonchev–Trinajstić information content (AvgIpc) is 2.46. The van der Waals surface area contributed by atoms with Crippen LogP contribution in [0.5, 0.6) is 0 Å². The van der Waals surface area contributed by atoms with Crippen molar-refractivity contribution < 1.29 is 0 Å². The summed E-state index contributed by atoms with van der Waals surface area (Å²) in [7, 11) is 0. The third-order valence-electron chi connectivity index (χ3n) is 4.20. The predicted molar refractivity (Wildman–Crippen MR) is 64.5 cm³/mol. The van der Waals surface area contributed by atoms with E-state index >= 15 is 0 Å². The van der Waals surface area contributed by atoms with Gasteiger partial charge in [-0.15, -0.1) is 11.3 Å². The molecule has 0 atom stereocenters. The molecule has 0 spiro atoms. The molecule has 0 aliphatic heterocycles. The summed E-state index contributed by atoms with van der Waals surface area (Å²) in [6.07, 6.45) is 0. The molecule has 0 bridgehead atoms. The summed E-state index contributed by atoms with van der Waals surface area (Å²) in [5, 5.41) is 2.37. The summed E-state index contributed by atoms with van der Waals surface area (Å²) in [5.41, 5.74) is 3.96. The molecule has 0 nitrogen and oxygen atoms in total. The lowest BCUT2D eigenvalue weighted by Gasteiger charge is -2.52. The molecule has 0 amide bonds. The first kappa shape index (κ1) is 10.2. The van der Waals surface area contributed by atoms with Gasteiger partial charge in [0.05, 0.1) is 0 Å². The van der Waals surface area contributed by atoms with Crippen LogP contribution < -0.4 is 0 Å². The Bertz CT molecular complexity index is 353. The van der Waals surface area contributed by atoms with Crippen molar-refractivity contribution in [3.8, 4) is 0 Å². The Morgan fingerprint density at radius 1 is 1.07 bits per heavy atom. The van der Waals surface area contributed by atoms with E-state index in [-0.39, 0.29) is 0 Å². The van der Waals surface area contributed by atoms with Crippen LogP contribution in [0.15, 0.2) is 5.38 Å². The van der Waals surface area contributed by atoms with Crippen molar-refractivity contribution in [2.75, 3.05) is 0 Å². The van der Waals surface area contributed by atoms with Crippen LogP contribution in [0.2, 0.25) is 0 Å². The Balaban J connectivity index is 2.59. The van der Waals surface area contributed by atoms with Crippen molar-refractivity contribution >= 4 is 11.3 Å². The van der Waals surface area contributed by atoms with E-state index in [9.17, 15) is 0 Å². The van der Waals surface area contributed by atoms with Crippen molar-refractivity contribution in [3.05, 3.63) is 21.4 Å². The second-order valence-corrected chi connectivity index (χ2v) is 6.68. The van der Waals surface area contributed by atoms with Gasteiger partial charge >= 0.3 is 0 Å². The zero-order valence-electron chi connectivity index (χ0n) is 10.1. The minimum atomic E-state index is 0.363. The molecular weight excluding hydrogens is 188 g/mol. The van der Waals surface area contributed by atoms with Crippen molar-refractivity contribution in [2.45, 2.75) is 58.3 Å². The van der Waals surface area contributed by atoms with Gasteiger partial charge in [-0.25, -0.2) is 0 Å².